The van der Waals surface area contributed by atoms with E-state index in [0.29, 0.717) is 5.92 Å². The first kappa shape index (κ1) is 37.5. The summed E-state index contributed by atoms with van der Waals surface area (Å²) in [5, 5.41) is 22.8. The molecule has 242 valence electrons. The van der Waals surface area contributed by atoms with Crippen LogP contribution >= 0.6 is 0 Å². The molecule has 0 bridgehead atoms. The van der Waals surface area contributed by atoms with Gasteiger partial charge in [-0.3, -0.25) is 4.79 Å². The molecule has 1 saturated carbocycles. The molecule has 0 aromatic carbocycles. The molecule has 0 aromatic rings. The molecule has 4 rings (SSSR count). The first-order chi connectivity index (χ1) is 20.5. The Labute approximate surface area is 286 Å². The van der Waals surface area contributed by atoms with Crippen LogP contribution in [-0.2, 0) is 28.5 Å². The number of carbonyl (C=O) groups excluding carboxylic acids is 2. The Bertz CT molecular complexity index is 1080. The number of hydrogen-bond acceptors (Lipinski definition) is 8. The number of aliphatic hydroxyl groups excluding tert-OH is 1. The zero-order valence-electron chi connectivity index (χ0n) is 28.1. The number of ketones is 1. The van der Waals surface area contributed by atoms with Crippen LogP contribution in [0.5, 0.6) is 0 Å². The molecule has 9 heteroatoms. The van der Waals surface area contributed by atoms with Gasteiger partial charge in [-0.25, -0.2) is 4.79 Å². The van der Waals surface area contributed by atoms with E-state index in [1.165, 1.54) is 0 Å². The fourth-order valence-corrected chi connectivity index (χ4v) is 8.04. The van der Waals surface area contributed by atoms with Crippen molar-refractivity contribution in [3.05, 3.63) is 35.1 Å². The normalized spacial score (nSPS) is 37.0. The van der Waals surface area contributed by atoms with E-state index in [1.54, 1.807) is 7.11 Å². The van der Waals surface area contributed by atoms with Crippen LogP contribution in [0.25, 0.3) is 0 Å². The van der Waals surface area contributed by atoms with Crippen molar-refractivity contribution in [3.63, 3.8) is 0 Å². The zero-order valence-corrected chi connectivity index (χ0v) is 30.1. The van der Waals surface area contributed by atoms with Gasteiger partial charge in [0.15, 0.2) is 5.78 Å². The SMILES string of the molecule is CO[C@@H](C)[C@H]1C[C@H](C)[C@H]([C@@H](C)/C=C/[C@@H]2CC[C@@H](C)[C@H](/C(=C/[C@H]3CCC[C@@H](C)[C@@H]3[C@H](C)C(=O)C3=C([O-])COC3=O)CO)O2)O1.[Na+]. The maximum Gasteiger partial charge on any atom is 1.00 e. The Morgan fingerprint density at radius 3 is 2.43 bits per heavy atom. The first-order valence-electron chi connectivity index (χ1n) is 16.4. The van der Waals surface area contributed by atoms with Gasteiger partial charge in [-0.05, 0) is 67.8 Å². The Morgan fingerprint density at radius 1 is 1.07 bits per heavy atom. The number of esters is 1. The molecular formula is C35H53NaO8. The number of methoxy groups -OCH3 is 1. The van der Waals surface area contributed by atoms with E-state index < -0.39 is 23.4 Å². The van der Waals surface area contributed by atoms with E-state index >= 15 is 0 Å². The van der Waals surface area contributed by atoms with Gasteiger partial charge in [0.05, 0.1) is 42.7 Å². The smallest absolute Gasteiger partial charge is 0.873 e. The monoisotopic (exact) mass is 624 g/mol. The summed E-state index contributed by atoms with van der Waals surface area (Å²) >= 11 is 0. The van der Waals surface area contributed by atoms with Crippen LogP contribution in [0.1, 0.15) is 80.1 Å². The van der Waals surface area contributed by atoms with Crippen molar-refractivity contribution >= 4 is 11.8 Å². The predicted octanol–water partition coefficient (Wildman–Crippen LogP) is 1.54. The van der Waals surface area contributed by atoms with Crippen LogP contribution in [0.15, 0.2) is 35.1 Å². The van der Waals surface area contributed by atoms with Gasteiger partial charge in [0.2, 0.25) is 0 Å². The van der Waals surface area contributed by atoms with Crippen LogP contribution in [0.2, 0.25) is 0 Å². The van der Waals surface area contributed by atoms with Gasteiger partial charge in [-0.2, -0.15) is 0 Å². The maximum absolute atomic E-state index is 13.3. The van der Waals surface area contributed by atoms with Crippen molar-refractivity contribution in [2.75, 3.05) is 20.3 Å². The summed E-state index contributed by atoms with van der Waals surface area (Å²) in [6.45, 7) is 12.2. The Kier molecular flexibility index (Phi) is 14.2. The number of rotatable bonds is 11. The van der Waals surface area contributed by atoms with E-state index in [1.807, 2.05) is 6.92 Å². The van der Waals surface area contributed by atoms with E-state index in [4.69, 9.17) is 18.9 Å². The number of cyclic esters (lactones) is 1. The van der Waals surface area contributed by atoms with Crippen LogP contribution in [0.4, 0.5) is 0 Å². The second-order valence-corrected chi connectivity index (χ2v) is 13.8. The molecule has 0 aromatic heterocycles. The summed E-state index contributed by atoms with van der Waals surface area (Å²) in [5.41, 5.74) is 0.542. The van der Waals surface area contributed by atoms with Gasteiger partial charge in [-0.15, -0.1) is 0 Å². The Morgan fingerprint density at radius 2 is 1.80 bits per heavy atom. The molecule has 0 amide bonds. The van der Waals surface area contributed by atoms with E-state index in [0.717, 1.165) is 44.1 Å². The van der Waals surface area contributed by atoms with Crippen molar-refractivity contribution < 1.29 is 68.3 Å². The van der Waals surface area contributed by atoms with Crippen molar-refractivity contribution in [1.29, 1.82) is 0 Å². The molecule has 0 unspecified atom stereocenters. The second kappa shape index (κ2) is 16.7. The fourth-order valence-electron chi connectivity index (χ4n) is 8.04. The number of hydrogen-bond donors (Lipinski definition) is 1. The van der Waals surface area contributed by atoms with Gasteiger partial charge in [0.1, 0.15) is 6.61 Å². The van der Waals surface area contributed by atoms with Crippen LogP contribution in [-0.4, -0.2) is 67.7 Å². The topological polar surface area (TPSA) is 114 Å². The van der Waals surface area contributed by atoms with E-state index in [-0.39, 0.29) is 108 Å². The van der Waals surface area contributed by atoms with Crippen LogP contribution in [0.3, 0.4) is 0 Å². The quantitative estimate of drug-likeness (QED) is 0.160. The number of carbonyl (C=O) groups is 2. The molecule has 0 spiro atoms. The molecule has 44 heavy (non-hydrogen) atoms. The van der Waals surface area contributed by atoms with Gasteiger partial charge in [0, 0.05) is 18.9 Å². The standard InChI is InChI=1S/C35H54O8.Na/c1-19-9-8-10-25(30(19)23(5)32(38)31-28(37)18-41-35(31)39)16-26(17-36)34-21(3)12-14-27(42-34)13-11-20(2)33-22(4)15-29(43-33)24(6)40-7;/h11,13,16,19-25,27,29-30,33-34,36-37H,8-10,12,14-15,17-18H2,1-7H3;/q;+1/p-1/b13-11+,26-16+;/t19-,20+,21-,22+,23+,24+,25-,27-,29-,30-,33+,34-;/m1./s1. The third kappa shape index (κ3) is 8.47. The first-order valence-corrected chi connectivity index (χ1v) is 16.4. The molecule has 4 aliphatic rings. The van der Waals surface area contributed by atoms with Gasteiger partial charge in [0.25, 0.3) is 0 Å². The summed E-state index contributed by atoms with van der Waals surface area (Å²) < 4.78 is 23.4. The zero-order chi connectivity index (χ0) is 31.4. The molecule has 2 saturated heterocycles. The summed E-state index contributed by atoms with van der Waals surface area (Å²) in [5.74, 6) is -1.10. The van der Waals surface area contributed by atoms with Crippen molar-refractivity contribution in [2.24, 2.45) is 41.4 Å². The molecule has 3 fully saturated rings. The van der Waals surface area contributed by atoms with Crippen molar-refractivity contribution in [2.45, 2.75) is 111 Å². The second-order valence-electron chi connectivity index (χ2n) is 13.8. The third-order valence-electron chi connectivity index (χ3n) is 10.7. The minimum absolute atomic E-state index is 0. The molecule has 1 aliphatic carbocycles. The molecule has 0 radical (unpaired) electrons. The number of allylic oxidation sites excluding steroid dienone is 1. The van der Waals surface area contributed by atoms with Crippen LogP contribution < -0.4 is 34.7 Å². The fraction of sp³-hybridized carbons (Fsp3) is 0.771. The molecular weight excluding hydrogens is 571 g/mol. The Balaban J connectivity index is 0.00000529. The molecule has 3 aliphatic heterocycles. The number of aliphatic hydroxyl groups is 1. The molecule has 1 N–H and O–H groups in total. The summed E-state index contributed by atoms with van der Waals surface area (Å²) in [4.78, 5) is 25.5. The maximum atomic E-state index is 13.3. The van der Waals surface area contributed by atoms with Crippen molar-refractivity contribution in [3.8, 4) is 0 Å². The Hall–Kier alpha value is -1.000. The largest absolute Gasteiger partial charge is 1.00 e. The van der Waals surface area contributed by atoms with Gasteiger partial charge in [-0.1, -0.05) is 71.4 Å². The van der Waals surface area contributed by atoms with E-state index in [9.17, 15) is 19.8 Å². The average molecular weight is 625 g/mol. The number of Topliss-reactive ketones (excluding diaryl/α,β-unsaturated/α-hetero) is 1. The molecule has 3 heterocycles. The summed E-state index contributed by atoms with van der Waals surface area (Å²) in [6.07, 6.45) is 12.4. The van der Waals surface area contributed by atoms with Gasteiger partial charge < -0.3 is 29.2 Å². The minimum Gasteiger partial charge on any atom is -0.873 e. The van der Waals surface area contributed by atoms with Gasteiger partial charge >= 0.3 is 35.5 Å². The summed E-state index contributed by atoms with van der Waals surface area (Å²) in [6, 6.07) is 0. The average Bonchev–Trinajstić information content (AvgIpc) is 3.55. The minimum atomic E-state index is -0.801. The summed E-state index contributed by atoms with van der Waals surface area (Å²) in [7, 11) is 1.73. The molecule has 12 atom stereocenters. The van der Waals surface area contributed by atoms with Crippen molar-refractivity contribution in [1.82, 2.24) is 0 Å². The molecule has 8 nitrogen and oxygen atoms in total. The third-order valence-corrected chi connectivity index (χ3v) is 10.7. The number of ether oxygens (including phenoxy) is 4. The van der Waals surface area contributed by atoms with Crippen LogP contribution in [0, 0.1) is 41.4 Å². The van der Waals surface area contributed by atoms with E-state index in [2.05, 4.69) is 52.8 Å². The predicted molar refractivity (Wildman–Crippen MR) is 162 cm³/mol.